The Balaban J connectivity index is 1.58. The van der Waals surface area contributed by atoms with Crippen LogP contribution in [0, 0.1) is 5.92 Å². The molecule has 0 spiro atoms. The summed E-state index contributed by atoms with van der Waals surface area (Å²) in [5, 5.41) is 5.10. The van der Waals surface area contributed by atoms with Gasteiger partial charge in [-0.1, -0.05) is 0 Å². The second-order valence-electron chi connectivity index (χ2n) is 7.89. The average molecular weight is 415 g/mol. The zero-order valence-corrected chi connectivity index (χ0v) is 18.0. The molecule has 30 heavy (non-hydrogen) atoms. The molecule has 1 saturated heterocycles. The maximum Gasteiger partial charge on any atom is 0.309 e. The third-order valence-corrected chi connectivity index (χ3v) is 5.36. The van der Waals surface area contributed by atoms with E-state index in [2.05, 4.69) is 10.1 Å². The van der Waals surface area contributed by atoms with E-state index in [1.165, 1.54) is 11.1 Å². The Hall–Kier alpha value is -2.97. The lowest BCUT2D eigenvalue weighted by molar-refractivity contribution is -0.151. The highest BCUT2D eigenvalue weighted by molar-refractivity contribution is 5.98. The number of fused-ring (bicyclic) bond motifs is 1. The molecule has 1 aliphatic heterocycles. The number of esters is 1. The quantitative estimate of drug-likeness (QED) is 0.668. The molecule has 1 fully saturated rings. The summed E-state index contributed by atoms with van der Waals surface area (Å²) in [7, 11) is 1.60. The molecule has 9 heteroatoms. The van der Waals surface area contributed by atoms with E-state index >= 15 is 0 Å². The molecule has 0 N–H and O–H groups in total. The molecule has 0 saturated carbocycles. The van der Waals surface area contributed by atoms with Gasteiger partial charge in [0, 0.05) is 37.8 Å². The third-order valence-electron chi connectivity index (χ3n) is 5.36. The number of pyridine rings is 1. The van der Waals surface area contributed by atoms with Crippen LogP contribution in [0.25, 0.3) is 11.0 Å². The van der Waals surface area contributed by atoms with Crippen LogP contribution in [-0.2, 0) is 14.3 Å². The number of ether oxygens (including phenoxy) is 1. The van der Waals surface area contributed by atoms with Gasteiger partial charge in [0.25, 0.3) is 5.91 Å². The van der Waals surface area contributed by atoms with E-state index < -0.39 is 0 Å². The van der Waals surface area contributed by atoms with Gasteiger partial charge in [0.2, 0.25) is 5.91 Å². The van der Waals surface area contributed by atoms with Crippen LogP contribution < -0.4 is 0 Å². The summed E-state index contributed by atoms with van der Waals surface area (Å²) in [5.74, 6) is -0.746. The van der Waals surface area contributed by atoms with Crippen LogP contribution in [0.2, 0.25) is 0 Å². The summed E-state index contributed by atoms with van der Waals surface area (Å²) in [4.78, 5) is 44.7. The Morgan fingerprint density at radius 2 is 1.93 bits per heavy atom. The first-order valence-electron chi connectivity index (χ1n) is 10.3. The minimum Gasteiger partial charge on any atom is -0.466 e. The first-order chi connectivity index (χ1) is 14.3. The van der Waals surface area contributed by atoms with Crippen LogP contribution in [0.4, 0.5) is 0 Å². The highest BCUT2D eigenvalue weighted by atomic mass is 16.5. The average Bonchev–Trinajstić information content (AvgIpc) is 3.17. The standard InChI is InChI=1S/C21H29N5O4/c1-5-30-21(29)15-6-8-25(9-7-15)18(27)13-24(4)20(28)17-10-16-12-23-26(14(2)3)19(16)22-11-17/h10-12,14-15H,5-9,13H2,1-4H3. The zero-order chi connectivity index (χ0) is 21.8. The van der Waals surface area contributed by atoms with Gasteiger partial charge in [0.15, 0.2) is 5.65 Å². The molecule has 1 aliphatic rings. The predicted molar refractivity (Wildman–Crippen MR) is 111 cm³/mol. The molecule has 0 atom stereocenters. The molecule has 2 aromatic heterocycles. The van der Waals surface area contributed by atoms with Crippen molar-refractivity contribution in [1.82, 2.24) is 24.6 Å². The molecular formula is C21H29N5O4. The Kier molecular flexibility index (Phi) is 6.69. The molecule has 0 aromatic carbocycles. The van der Waals surface area contributed by atoms with Crippen molar-refractivity contribution in [2.75, 3.05) is 33.3 Å². The van der Waals surface area contributed by atoms with Crippen LogP contribution in [0.3, 0.4) is 0 Å². The van der Waals surface area contributed by atoms with Crippen molar-refractivity contribution >= 4 is 28.8 Å². The fourth-order valence-electron chi connectivity index (χ4n) is 3.65. The Bertz CT molecular complexity index is 931. The summed E-state index contributed by atoms with van der Waals surface area (Å²) >= 11 is 0. The van der Waals surface area contributed by atoms with Crippen LogP contribution in [-0.4, -0.2) is 75.6 Å². The number of likely N-dealkylation sites (N-methyl/N-ethyl adjacent to an activating group) is 1. The number of aromatic nitrogens is 3. The first kappa shape index (κ1) is 21.7. The minimum absolute atomic E-state index is 0.0216. The molecule has 2 amide bonds. The van der Waals surface area contributed by atoms with Gasteiger partial charge in [0.05, 0.1) is 30.8 Å². The number of piperidine rings is 1. The van der Waals surface area contributed by atoms with Crippen molar-refractivity contribution in [1.29, 1.82) is 0 Å². The van der Waals surface area contributed by atoms with Gasteiger partial charge in [-0.2, -0.15) is 5.10 Å². The number of carbonyl (C=O) groups excluding carboxylic acids is 3. The molecular weight excluding hydrogens is 386 g/mol. The molecule has 0 aliphatic carbocycles. The van der Waals surface area contributed by atoms with Crippen molar-refractivity contribution in [2.24, 2.45) is 5.92 Å². The number of likely N-dealkylation sites (tertiary alicyclic amines) is 1. The summed E-state index contributed by atoms with van der Waals surface area (Å²) in [6.45, 7) is 7.14. The maximum atomic E-state index is 12.8. The normalized spacial score (nSPS) is 14.9. The van der Waals surface area contributed by atoms with Crippen LogP contribution in [0.15, 0.2) is 18.5 Å². The van der Waals surface area contributed by atoms with E-state index in [1.807, 2.05) is 13.8 Å². The lowest BCUT2D eigenvalue weighted by atomic mass is 9.97. The zero-order valence-electron chi connectivity index (χ0n) is 18.0. The number of carbonyl (C=O) groups is 3. The van der Waals surface area contributed by atoms with Gasteiger partial charge in [0.1, 0.15) is 0 Å². The topological polar surface area (TPSA) is 97.6 Å². The largest absolute Gasteiger partial charge is 0.466 e. The number of hydrogen-bond acceptors (Lipinski definition) is 6. The smallest absolute Gasteiger partial charge is 0.309 e. The van der Waals surface area contributed by atoms with Crippen molar-refractivity contribution in [3.63, 3.8) is 0 Å². The van der Waals surface area contributed by atoms with Crippen molar-refractivity contribution in [2.45, 2.75) is 39.7 Å². The number of rotatable bonds is 6. The van der Waals surface area contributed by atoms with Gasteiger partial charge >= 0.3 is 5.97 Å². The lowest BCUT2D eigenvalue weighted by Crippen LogP contribution is -2.45. The van der Waals surface area contributed by atoms with Crippen molar-refractivity contribution in [3.8, 4) is 0 Å². The monoisotopic (exact) mass is 415 g/mol. The van der Waals surface area contributed by atoms with E-state index in [-0.39, 0.29) is 36.3 Å². The molecule has 3 rings (SSSR count). The van der Waals surface area contributed by atoms with E-state index in [0.29, 0.717) is 38.1 Å². The van der Waals surface area contributed by atoms with E-state index in [0.717, 1.165) is 11.0 Å². The summed E-state index contributed by atoms with van der Waals surface area (Å²) in [6.07, 6.45) is 4.39. The highest BCUT2D eigenvalue weighted by Crippen LogP contribution is 2.20. The first-order valence-corrected chi connectivity index (χ1v) is 10.3. The molecule has 0 unspecified atom stereocenters. The Morgan fingerprint density at radius 3 is 2.57 bits per heavy atom. The second kappa shape index (κ2) is 9.23. The Labute approximate surface area is 176 Å². The van der Waals surface area contributed by atoms with Crippen molar-refractivity contribution < 1.29 is 19.1 Å². The molecule has 3 heterocycles. The number of hydrogen-bond donors (Lipinski definition) is 0. The minimum atomic E-state index is -0.267. The summed E-state index contributed by atoms with van der Waals surface area (Å²) in [5.41, 5.74) is 1.15. The molecule has 0 radical (unpaired) electrons. The van der Waals surface area contributed by atoms with E-state index in [1.54, 1.807) is 35.8 Å². The van der Waals surface area contributed by atoms with E-state index in [9.17, 15) is 14.4 Å². The molecule has 0 bridgehead atoms. The van der Waals surface area contributed by atoms with Gasteiger partial charge < -0.3 is 14.5 Å². The van der Waals surface area contributed by atoms with Gasteiger partial charge in [-0.05, 0) is 39.7 Å². The number of amides is 2. The molecule has 9 nitrogen and oxygen atoms in total. The summed E-state index contributed by atoms with van der Waals surface area (Å²) in [6, 6.07) is 1.92. The fraction of sp³-hybridized carbons (Fsp3) is 0.571. The fourth-order valence-corrected chi connectivity index (χ4v) is 3.65. The van der Waals surface area contributed by atoms with Gasteiger partial charge in [-0.15, -0.1) is 0 Å². The second-order valence-corrected chi connectivity index (χ2v) is 7.89. The van der Waals surface area contributed by atoms with E-state index in [4.69, 9.17) is 4.74 Å². The highest BCUT2D eigenvalue weighted by Gasteiger charge is 2.29. The predicted octanol–water partition coefficient (Wildman–Crippen LogP) is 1.89. The van der Waals surface area contributed by atoms with Crippen LogP contribution in [0.1, 0.15) is 50.0 Å². The Morgan fingerprint density at radius 1 is 1.23 bits per heavy atom. The lowest BCUT2D eigenvalue weighted by Gasteiger charge is -2.32. The summed E-state index contributed by atoms with van der Waals surface area (Å²) < 4.78 is 6.86. The van der Waals surface area contributed by atoms with Crippen LogP contribution in [0.5, 0.6) is 0 Å². The molecule has 162 valence electrons. The van der Waals surface area contributed by atoms with Crippen LogP contribution >= 0.6 is 0 Å². The number of nitrogens with zero attached hydrogens (tertiary/aromatic N) is 5. The third kappa shape index (κ3) is 4.60. The van der Waals surface area contributed by atoms with Gasteiger partial charge in [-0.3, -0.25) is 14.4 Å². The molecule has 2 aromatic rings. The van der Waals surface area contributed by atoms with Crippen molar-refractivity contribution in [3.05, 3.63) is 24.0 Å². The van der Waals surface area contributed by atoms with Gasteiger partial charge in [-0.25, -0.2) is 9.67 Å². The SMILES string of the molecule is CCOC(=O)C1CCN(C(=O)CN(C)C(=O)c2cnc3c(cnn3C(C)C)c2)CC1. The maximum absolute atomic E-state index is 12.8.